The molecule has 0 spiro atoms. The van der Waals surface area contributed by atoms with Gasteiger partial charge in [-0.25, -0.2) is 4.79 Å². The molecule has 2 rings (SSSR count). The first-order valence-corrected chi connectivity index (χ1v) is 8.72. The fourth-order valence-corrected chi connectivity index (χ4v) is 2.46. The van der Waals surface area contributed by atoms with Crippen molar-refractivity contribution in [3.8, 4) is 5.75 Å². The minimum Gasteiger partial charge on any atom is -0.489 e. The van der Waals surface area contributed by atoms with Crippen LogP contribution in [0.2, 0.25) is 5.02 Å². The van der Waals surface area contributed by atoms with E-state index in [4.69, 9.17) is 41.4 Å². The smallest absolute Gasteiger partial charge is 0.419 e. The highest BCUT2D eigenvalue weighted by Gasteiger charge is 2.25. The lowest BCUT2D eigenvalue weighted by Gasteiger charge is -2.23. The van der Waals surface area contributed by atoms with Gasteiger partial charge in [0.2, 0.25) is 0 Å². The molecule has 1 aromatic carbocycles. The molecule has 0 saturated carbocycles. The lowest BCUT2D eigenvalue weighted by molar-refractivity contribution is -0.146. The number of oxazole rings is 1. The summed E-state index contributed by atoms with van der Waals surface area (Å²) in [5.41, 5.74) is 4.93. The van der Waals surface area contributed by atoms with Crippen molar-refractivity contribution in [3.63, 3.8) is 0 Å². The van der Waals surface area contributed by atoms with E-state index in [0.29, 0.717) is 16.3 Å². The summed E-state index contributed by atoms with van der Waals surface area (Å²) < 4.78 is 17.0. The molecule has 1 heterocycles. The van der Waals surface area contributed by atoms with Gasteiger partial charge in [0.15, 0.2) is 5.58 Å². The van der Waals surface area contributed by atoms with E-state index >= 15 is 0 Å². The molecule has 0 radical (unpaired) electrons. The number of nitrogens with zero attached hydrogens (tertiary/aromatic N) is 1. The Labute approximate surface area is 160 Å². The van der Waals surface area contributed by atoms with E-state index < -0.39 is 30.5 Å². The van der Waals surface area contributed by atoms with E-state index in [1.807, 2.05) is 13.8 Å². The van der Waals surface area contributed by atoms with E-state index in [1.54, 1.807) is 0 Å². The quantitative estimate of drug-likeness (QED) is 0.520. The summed E-state index contributed by atoms with van der Waals surface area (Å²) in [6.07, 6.45) is -0.236. The Hall–Kier alpha value is -2.07. The Morgan fingerprint density at radius 2 is 2.04 bits per heavy atom. The molecule has 4 N–H and O–H groups in total. The highest BCUT2D eigenvalue weighted by molar-refractivity contribution is 6.32. The zero-order chi connectivity index (χ0) is 20.2. The summed E-state index contributed by atoms with van der Waals surface area (Å²) >= 11 is 6.19. The third-order valence-electron chi connectivity index (χ3n) is 3.77. The number of ether oxygens (including phenoxy) is 2. The largest absolute Gasteiger partial charge is 0.489 e. The zero-order valence-corrected chi connectivity index (χ0v) is 15.9. The van der Waals surface area contributed by atoms with Gasteiger partial charge in [-0.3, -0.25) is 9.36 Å². The predicted molar refractivity (Wildman–Crippen MR) is 97.9 cm³/mol. The number of aryl methyl sites for hydroxylation is 1. The number of nitrogens with two attached hydrogens (primary N) is 1. The van der Waals surface area contributed by atoms with E-state index in [0.717, 1.165) is 0 Å². The average molecular weight is 403 g/mol. The number of benzene rings is 1. The lowest BCUT2D eigenvalue weighted by atomic mass is 10.1. The number of hydrogen-bond donors (Lipinski definition) is 3. The highest BCUT2D eigenvalue weighted by atomic mass is 35.5. The van der Waals surface area contributed by atoms with Crippen molar-refractivity contribution in [1.82, 2.24) is 4.57 Å². The van der Waals surface area contributed by atoms with Gasteiger partial charge < -0.3 is 29.8 Å². The molecule has 0 aliphatic rings. The number of aromatic nitrogens is 1. The second kappa shape index (κ2) is 8.75. The minimum absolute atomic E-state index is 0.00119. The summed E-state index contributed by atoms with van der Waals surface area (Å²) in [6, 6.07) is 3.06. The zero-order valence-electron chi connectivity index (χ0n) is 15.1. The first kappa shape index (κ1) is 21.2. The van der Waals surface area contributed by atoms with Crippen LogP contribution in [0.5, 0.6) is 5.75 Å². The Morgan fingerprint density at radius 1 is 1.37 bits per heavy atom. The van der Waals surface area contributed by atoms with Crippen molar-refractivity contribution >= 4 is 28.7 Å². The van der Waals surface area contributed by atoms with Crippen LogP contribution in [0.25, 0.3) is 11.1 Å². The van der Waals surface area contributed by atoms with Gasteiger partial charge in [-0.15, -0.1) is 0 Å². The van der Waals surface area contributed by atoms with Crippen LogP contribution < -0.4 is 16.2 Å². The standard InChI is InChI=1S/C17H23ClN2O7/c1-10(2)26-13-6-14-12(5-11(13)18)20(16(24)27-14)4-3-15(23)25-9-17(19,7-21)8-22/h5-6,10,21-22H,3-4,7-9,19H2,1-2H3. The average Bonchev–Trinajstić information content (AvgIpc) is 2.92. The molecule has 1 aromatic heterocycles. The summed E-state index contributed by atoms with van der Waals surface area (Å²) in [5.74, 6) is -0.889. The summed E-state index contributed by atoms with van der Waals surface area (Å²) in [7, 11) is 0. The fraction of sp³-hybridized carbons (Fsp3) is 0.529. The molecule has 27 heavy (non-hydrogen) atoms. The maximum absolute atomic E-state index is 12.1. The lowest BCUT2D eigenvalue weighted by Crippen LogP contribution is -2.51. The molecule has 0 aliphatic carbocycles. The van der Waals surface area contributed by atoms with Gasteiger partial charge >= 0.3 is 11.7 Å². The Kier molecular flexibility index (Phi) is 6.88. The molecule has 9 nitrogen and oxygen atoms in total. The number of halogens is 1. The van der Waals surface area contributed by atoms with Crippen LogP contribution >= 0.6 is 11.6 Å². The number of carbonyl (C=O) groups is 1. The van der Waals surface area contributed by atoms with Crippen LogP contribution in [0.3, 0.4) is 0 Å². The molecule has 0 bridgehead atoms. The fourth-order valence-electron chi connectivity index (χ4n) is 2.26. The monoisotopic (exact) mass is 402 g/mol. The Bertz CT molecular complexity index is 855. The SMILES string of the molecule is CC(C)Oc1cc2oc(=O)n(CCC(=O)OCC(N)(CO)CO)c2cc1Cl. The third-order valence-corrected chi connectivity index (χ3v) is 4.07. The molecular weight excluding hydrogens is 380 g/mol. The van der Waals surface area contributed by atoms with Crippen molar-refractivity contribution < 1.29 is 28.9 Å². The van der Waals surface area contributed by atoms with Gasteiger partial charge in [-0.2, -0.15) is 0 Å². The molecule has 0 amide bonds. The van der Waals surface area contributed by atoms with Crippen LogP contribution in [-0.2, 0) is 16.1 Å². The molecular formula is C17H23ClN2O7. The van der Waals surface area contributed by atoms with Gasteiger partial charge in [0.1, 0.15) is 12.4 Å². The molecule has 0 unspecified atom stereocenters. The van der Waals surface area contributed by atoms with E-state index in [1.165, 1.54) is 16.7 Å². The minimum atomic E-state index is -1.41. The van der Waals surface area contributed by atoms with E-state index in [9.17, 15) is 9.59 Å². The van der Waals surface area contributed by atoms with Crippen LogP contribution in [0.4, 0.5) is 0 Å². The van der Waals surface area contributed by atoms with Gasteiger partial charge in [0, 0.05) is 12.6 Å². The number of rotatable bonds is 9. The molecule has 150 valence electrons. The van der Waals surface area contributed by atoms with Crippen molar-refractivity contribution in [3.05, 3.63) is 27.7 Å². The van der Waals surface area contributed by atoms with Gasteiger partial charge in [-0.1, -0.05) is 11.6 Å². The highest BCUT2D eigenvalue weighted by Crippen LogP contribution is 2.30. The number of fused-ring (bicyclic) bond motifs is 1. The molecule has 0 saturated heterocycles. The number of carbonyl (C=O) groups excluding carboxylic acids is 1. The molecule has 2 aromatic rings. The summed E-state index contributed by atoms with van der Waals surface area (Å²) in [5, 5.41) is 18.5. The van der Waals surface area contributed by atoms with Crippen molar-refractivity contribution in [1.29, 1.82) is 0 Å². The van der Waals surface area contributed by atoms with Crippen molar-refractivity contribution in [2.24, 2.45) is 5.73 Å². The maximum Gasteiger partial charge on any atom is 0.419 e. The molecule has 0 fully saturated rings. The Balaban J connectivity index is 2.10. The number of esters is 1. The number of aliphatic hydroxyl groups excluding tert-OH is 2. The topological polar surface area (TPSA) is 137 Å². The number of aliphatic hydroxyl groups is 2. The van der Waals surface area contributed by atoms with Gasteiger partial charge in [0.25, 0.3) is 0 Å². The predicted octanol–water partition coefficient (Wildman–Crippen LogP) is 0.651. The molecule has 0 aliphatic heterocycles. The van der Waals surface area contributed by atoms with Crippen molar-refractivity contribution in [2.45, 2.75) is 38.5 Å². The normalized spacial score (nSPS) is 12.0. The van der Waals surface area contributed by atoms with Crippen molar-refractivity contribution in [2.75, 3.05) is 19.8 Å². The summed E-state index contributed by atoms with van der Waals surface area (Å²) in [4.78, 5) is 24.0. The van der Waals surface area contributed by atoms with Gasteiger partial charge in [0.05, 0.1) is 41.8 Å². The summed E-state index contributed by atoms with van der Waals surface area (Å²) in [6.45, 7) is 2.26. The van der Waals surface area contributed by atoms with Crippen LogP contribution in [0.1, 0.15) is 20.3 Å². The van der Waals surface area contributed by atoms with E-state index in [-0.39, 0.29) is 31.3 Å². The van der Waals surface area contributed by atoms with E-state index in [2.05, 4.69) is 0 Å². The third kappa shape index (κ3) is 5.23. The van der Waals surface area contributed by atoms with Crippen LogP contribution in [0.15, 0.2) is 21.3 Å². The van der Waals surface area contributed by atoms with Crippen LogP contribution in [-0.4, -0.2) is 52.2 Å². The van der Waals surface area contributed by atoms with Crippen LogP contribution in [0, 0.1) is 0 Å². The van der Waals surface area contributed by atoms with Gasteiger partial charge in [-0.05, 0) is 19.9 Å². The number of hydrogen-bond acceptors (Lipinski definition) is 8. The molecule has 10 heteroatoms. The first-order chi connectivity index (χ1) is 12.7. The maximum atomic E-state index is 12.1. The molecule has 0 atom stereocenters. The first-order valence-electron chi connectivity index (χ1n) is 8.35. The second-order valence-electron chi connectivity index (χ2n) is 6.53. The Morgan fingerprint density at radius 3 is 2.63 bits per heavy atom. The second-order valence-corrected chi connectivity index (χ2v) is 6.93.